The largest absolute Gasteiger partial charge is 0.384 e. The Labute approximate surface area is 107 Å². The Kier molecular flexibility index (Phi) is 4.15. The molecule has 0 aromatic carbocycles. The minimum absolute atomic E-state index is 0.0564. The van der Waals surface area contributed by atoms with Gasteiger partial charge in [0.05, 0.1) is 6.61 Å². The lowest BCUT2D eigenvalue weighted by Gasteiger charge is -2.17. The molecule has 2 N–H and O–H groups in total. The average Bonchev–Trinajstić information content (AvgIpc) is 3.17. The van der Waals surface area contributed by atoms with Gasteiger partial charge in [0.25, 0.3) is 5.91 Å². The maximum atomic E-state index is 12.0. The number of nitrogens with zero attached hydrogens (tertiary/aromatic N) is 2. The lowest BCUT2D eigenvalue weighted by molar-refractivity contribution is 0.0681. The summed E-state index contributed by atoms with van der Waals surface area (Å²) < 4.78 is 5.51. The molecule has 1 fully saturated rings. The number of hydrogen-bond acceptors (Lipinski definition) is 4. The van der Waals surface area contributed by atoms with Crippen LogP contribution >= 0.6 is 0 Å². The highest BCUT2D eigenvalue weighted by atomic mass is 16.5. The van der Waals surface area contributed by atoms with Crippen molar-refractivity contribution in [3.8, 4) is 0 Å². The number of ether oxygens (including phenoxy) is 1. The number of pyridine rings is 1. The third-order valence-corrected chi connectivity index (χ3v) is 3.00. The van der Waals surface area contributed by atoms with E-state index >= 15 is 0 Å². The Morgan fingerprint density at radius 2 is 2.39 bits per heavy atom. The minimum Gasteiger partial charge on any atom is -0.384 e. The van der Waals surface area contributed by atoms with E-state index in [1.807, 2.05) is 0 Å². The summed E-state index contributed by atoms with van der Waals surface area (Å²) in [5.41, 5.74) is 6.11. The van der Waals surface area contributed by atoms with Crippen LogP contribution in [-0.2, 0) is 4.74 Å². The van der Waals surface area contributed by atoms with Gasteiger partial charge in [-0.15, -0.1) is 0 Å². The van der Waals surface area contributed by atoms with Gasteiger partial charge in [-0.2, -0.15) is 0 Å². The number of hydrogen-bond donors (Lipinski definition) is 1. The summed E-state index contributed by atoms with van der Waals surface area (Å²) in [7, 11) is 1.76. The molecule has 1 amide bonds. The molecular formula is C13H19N3O2. The van der Waals surface area contributed by atoms with Crippen LogP contribution < -0.4 is 5.73 Å². The van der Waals surface area contributed by atoms with E-state index in [1.165, 1.54) is 12.8 Å². The van der Waals surface area contributed by atoms with E-state index in [9.17, 15) is 4.79 Å². The maximum Gasteiger partial charge on any atom is 0.253 e. The van der Waals surface area contributed by atoms with E-state index in [2.05, 4.69) is 4.98 Å². The molecule has 0 aliphatic heterocycles. The third-order valence-electron chi connectivity index (χ3n) is 3.00. The Hall–Kier alpha value is -1.62. The first-order valence-electron chi connectivity index (χ1n) is 6.21. The van der Waals surface area contributed by atoms with Crippen molar-refractivity contribution < 1.29 is 9.53 Å². The number of likely N-dealkylation sites (N-methyl/N-ethyl adjacent to an activating group) is 1. The molecule has 1 aromatic rings. The summed E-state index contributed by atoms with van der Waals surface area (Å²) in [6.07, 6.45) is 4.11. The Morgan fingerprint density at radius 3 is 3.06 bits per heavy atom. The second-order valence-corrected chi connectivity index (χ2v) is 4.71. The number of anilines is 1. The molecule has 98 valence electrons. The molecule has 0 spiro atoms. The third kappa shape index (κ3) is 3.70. The number of aromatic nitrogens is 1. The summed E-state index contributed by atoms with van der Waals surface area (Å²) in [5.74, 6) is 1.06. The van der Waals surface area contributed by atoms with E-state index in [0.29, 0.717) is 24.5 Å². The molecule has 0 atom stereocenters. The summed E-state index contributed by atoms with van der Waals surface area (Å²) in [4.78, 5) is 17.5. The van der Waals surface area contributed by atoms with Crippen molar-refractivity contribution in [3.63, 3.8) is 0 Å². The van der Waals surface area contributed by atoms with Crippen LogP contribution in [0.15, 0.2) is 18.3 Å². The molecule has 1 heterocycles. The maximum absolute atomic E-state index is 12.0. The Morgan fingerprint density at radius 1 is 1.61 bits per heavy atom. The van der Waals surface area contributed by atoms with Gasteiger partial charge < -0.3 is 15.4 Å². The molecule has 0 bridgehead atoms. The summed E-state index contributed by atoms with van der Waals surface area (Å²) >= 11 is 0. The van der Waals surface area contributed by atoms with Gasteiger partial charge in [0.1, 0.15) is 5.82 Å². The van der Waals surface area contributed by atoms with Crippen LogP contribution in [0.2, 0.25) is 0 Å². The second-order valence-electron chi connectivity index (χ2n) is 4.71. The van der Waals surface area contributed by atoms with Crippen LogP contribution in [0.4, 0.5) is 5.82 Å². The molecule has 0 radical (unpaired) electrons. The van der Waals surface area contributed by atoms with Gasteiger partial charge >= 0.3 is 0 Å². The topological polar surface area (TPSA) is 68.5 Å². The van der Waals surface area contributed by atoms with Crippen molar-refractivity contribution in [1.82, 2.24) is 9.88 Å². The van der Waals surface area contributed by atoms with Crippen LogP contribution in [0.1, 0.15) is 23.2 Å². The highest BCUT2D eigenvalue weighted by Crippen LogP contribution is 2.28. The number of carbonyl (C=O) groups excluding carboxylic acids is 1. The molecule has 0 saturated heterocycles. The SMILES string of the molecule is CN(CCOCC1CC1)C(=O)c1ccnc(N)c1. The van der Waals surface area contributed by atoms with Crippen molar-refractivity contribution >= 4 is 11.7 Å². The van der Waals surface area contributed by atoms with Gasteiger partial charge in [0, 0.05) is 32.0 Å². The number of nitrogen functional groups attached to an aromatic ring is 1. The first-order chi connectivity index (χ1) is 8.66. The standard InChI is InChI=1S/C13H19N3O2/c1-16(6-7-18-9-10-2-3-10)13(17)11-4-5-15-12(14)8-11/h4-5,8,10H,2-3,6-7,9H2,1H3,(H2,14,15). The number of carbonyl (C=O) groups is 1. The van der Waals surface area contributed by atoms with Crippen LogP contribution in [0.5, 0.6) is 0 Å². The zero-order valence-corrected chi connectivity index (χ0v) is 10.6. The summed E-state index contributed by atoms with van der Waals surface area (Å²) in [6, 6.07) is 3.25. The predicted octanol–water partition coefficient (Wildman–Crippen LogP) is 1.16. The molecule has 1 aliphatic carbocycles. The fourth-order valence-electron chi connectivity index (χ4n) is 1.64. The molecule has 0 unspecified atom stereocenters. The van der Waals surface area contributed by atoms with Crippen LogP contribution in [-0.4, -0.2) is 42.6 Å². The first-order valence-corrected chi connectivity index (χ1v) is 6.21. The lowest BCUT2D eigenvalue weighted by Crippen LogP contribution is -2.30. The normalized spacial score (nSPS) is 14.5. The van der Waals surface area contributed by atoms with E-state index in [0.717, 1.165) is 12.5 Å². The zero-order chi connectivity index (χ0) is 13.0. The molecule has 2 rings (SSSR count). The average molecular weight is 249 g/mol. The zero-order valence-electron chi connectivity index (χ0n) is 10.6. The smallest absolute Gasteiger partial charge is 0.253 e. The highest BCUT2D eigenvalue weighted by Gasteiger charge is 2.21. The molecule has 5 heteroatoms. The van der Waals surface area contributed by atoms with Gasteiger partial charge in [-0.1, -0.05) is 0 Å². The molecule has 5 nitrogen and oxygen atoms in total. The Balaban J connectivity index is 1.76. The number of amides is 1. The monoisotopic (exact) mass is 249 g/mol. The lowest BCUT2D eigenvalue weighted by atomic mass is 10.2. The Bertz CT molecular complexity index is 418. The van der Waals surface area contributed by atoms with Crippen LogP contribution in [0, 0.1) is 5.92 Å². The molecule has 1 aliphatic rings. The van der Waals surface area contributed by atoms with Crippen LogP contribution in [0.25, 0.3) is 0 Å². The molecule has 1 saturated carbocycles. The van der Waals surface area contributed by atoms with Gasteiger partial charge in [-0.3, -0.25) is 4.79 Å². The van der Waals surface area contributed by atoms with Crippen molar-refractivity contribution in [2.24, 2.45) is 5.92 Å². The highest BCUT2D eigenvalue weighted by molar-refractivity contribution is 5.94. The van der Waals surface area contributed by atoms with E-state index in [-0.39, 0.29) is 5.91 Å². The number of nitrogens with two attached hydrogens (primary N) is 1. The summed E-state index contributed by atoms with van der Waals surface area (Å²) in [6.45, 7) is 2.00. The van der Waals surface area contributed by atoms with Crippen molar-refractivity contribution in [1.29, 1.82) is 0 Å². The summed E-state index contributed by atoms with van der Waals surface area (Å²) in [5, 5.41) is 0. The van der Waals surface area contributed by atoms with E-state index in [1.54, 1.807) is 30.3 Å². The molecular weight excluding hydrogens is 230 g/mol. The predicted molar refractivity (Wildman–Crippen MR) is 69.2 cm³/mol. The molecule has 18 heavy (non-hydrogen) atoms. The first kappa shape index (κ1) is 12.8. The van der Waals surface area contributed by atoms with Crippen molar-refractivity contribution in [2.75, 3.05) is 32.5 Å². The van der Waals surface area contributed by atoms with Crippen molar-refractivity contribution in [2.45, 2.75) is 12.8 Å². The van der Waals surface area contributed by atoms with Gasteiger partial charge in [0.2, 0.25) is 0 Å². The van der Waals surface area contributed by atoms with E-state index in [4.69, 9.17) is 10.5 Å². The fraction of sp³-hybridized carbons (Fsp3) is 0.538. The fourth-order valence-corrected chi connectivity index (χ4v) is 1.64. The van der Waals surface area contributed by atoms with Crippen molar-refractivity contribution in [3.05, 3.63) is 23.9 Å². The van der Waals surface area contributed by atoms with Crippen LogP contribution in [0.3, 0.4) is 0 Å². The molecule has 1 aromatic heterocycles. The number of rotatable bonds is 6. The van der Waals surface area contributed by atoms with Gasteiger partial charge in [-0.25, -0.2) is 4.98 Å². The van der Waals surface area contributed by atoms with Gasteiger partial charge in [-0.05, 0) is 30.9 Å². The minimum atomic E-state index is -0.0564. The quantitative estimate of drug-likeness (QED) is 0.768. The van der Waals surface area contributed by atoms with Gasteiger partial charge in [0.15, 0.2) is 0 Å². The van der Waals surface area contributed by atoms with E-state index < -0.39 is 0 Å². The second kappa shape index (κ2) is 5.82.